The van der Waals surface area contributed by atoms with Crippen molar-refractivity contribution in [1.29, 1.82) is 0 Å². The van der Waals surface area contributed by atoms with Crippen molar-refractivity contribution in [2.75, 3.05) is 4.90 Å². The smallest absolute Gasteiger partial charge is 0.335 e. The van der Waals surface area contributed by atoms with Crippen LogP contribution in [0.15, 0.2) is 48.2 Å². The van der Waals surface area contributed by atoms with Crippen LogP contribution in [0.2, 0.25) is 0 Å². The standard InChI is InChI=1S/C18H15N3O4S/c1-2-20-9-3-4-13(20)10-14-15(22)19-18(26)21(16(14)23)12-7-5-11(6-8-12)17(24)25/h3-10H,2H2,1H3,(H,24,25)(H,19,22,26)/b14-10+. The van der Waals surface area contributed by atoms with Crippen LogP contribution in [0.25, 0.3) is 6.08 Å². The van der Waals surface area contributed by atoms with Crippen LogP contribution < -0.4 is 10.2 Å². The number of amides is 2. The van der Waals surface area contributed by atoms with Crippen molar-refractivity contribution in [3.05, 3.63) is 59.4 Å². The topological polar surface area (TPSA) is 91.6 Å². The van der Waals surface area contributed by atoms with Crippen molar-refractivity contribution in [2.24, 2.45) is 0 Å². The van der Waals surface area contributed by atoms with E-state index in [1.807, 2.05) is 23.8 Å². The molecule has 8 heteroatoms. The lowest BCUT2D eigenvalue weighted by atomic mass is 10.1. The number of nitrogens with zero attached hydrogens (tertiary/aromatic N) is 2. The van der Waals surface area contributed by atoms with Crippen molar-refractivity contribution in [3.63, 3.8) is 0 Å². The summed E-state index contributed by atoms with van der Waals surface area (Å²) in [6.45, 7) is 2.65. The average molecular weight is 369 g/mol. The molecule has 1 aromatic heterocycles. The molecule has 1 aliphatic rings. The Kier molecular flexibility index (Phi) is 4.68. The Morgan fingerprint density at radius 1 is 1.23 bits per heavy atom. The first kappa shape index (κ1) is 17.6. The van der Waals surface area contributed by atoms with Gasteiger partial charge in [-0.3, -0.25) is 19.8 Å². The molecule has 2 aromatic rings. The number of aryl methyl sites for hydroxylation is 1. The predicted molar refractivity (Wildman–Crippen MR) is 99.7 cm³/mol. The van der Waals surface area contributed by atoms with Gasteiger partial charge in [0.25, 0.3) is 11.8 Å². The monoisotopic (exact) mass is 369 g/mol. The van der Waals surface area contributed by atoms with Gasteiger partial charge in [0.1, 0.15) is 5.57 Å². The van der Waals surface area contributed by atoms with E-state index in [0.717, 1.165) is 5.69 Å². The Labute approximate surface area is 154 Å². The highest BCUT2D eigenvalue weighted by atomic mass is 32.1. The second-order valence-corrected chi connectivity index (χ2v) is 5.92. The highest BCUT2D eigenvalue weighted by Crippen LogP contribution is 2.22. The number of rotatable bonds is 4. The number of thiocarbonyl (C=S) groups is 1. The Balaban J connectivity index is 1.99. The molecule has 0 unspecified atom stereocenters. The van der Waals surface area contributed by atoms with E-state index in [-0.39, 0.29) is 16.2 Å². The molecule has 1 aliphatic heterocycles. The molecule has 26 heavy (non-hydrogen) atoms. The highest BCUT2D eigenvalue weighted by Gasteiger charge is 2.34. The molecule has 0 atom stereocenters. The van der Waals surface area contributed by atoms with E-state index in [1.54, 1.807) is 6.07 Å². The van der Waals surface area contributed by atoms with E-state index in [4.69, 9.17) is 17.3 Å². The number of nitrogens with one attached hydrogen (secondary N) is 1. The van der Waals surface area contributed by atoms with Crippen molar-refractivity contribution in [3.8, 4) is 0 Å². The first-order valence-electron chi connectivity index (χ1n) is 7.82. The number of aromatic nitrogens is 1. The summed E-state index contributed by atoms with van der Waals surface area (Å²) in [4.78, 5) is 37.3. The van der Waals surface area contributed by atoms with Gasteiger partial charge < -0.3 is 9.67 Å². The molecule has 1 saturated heterocycles. The van der Waals surface area contributed by atoms with Gasteiger partial charge in [-0.15, -0.1) is 0 Å². The summed E-state index contributed by atoms with van der Waals surface area (Å²) in [5.74, 6) is -2.20. The minimum absolute atomic E-state index is 0.0469. The molecule has 7 nitrogen and oxygen atoms in total. The second kappa shape index (κ2) is 6.93. The summed E-state index contributed by atoms with van der Waals surface area (Å²) in [6.07, 6.45) is 3.37. The van der Waals surface area contributed by atoms with Gasteiger partial charge in [-0.1, -0.05) is 0 Å². The minimum atomic E-state index is -1.07. The third kappa shape index (κ3) is 3.14. The number of benzene rings is 1. The zero-order chi connectivity index (χ0) is 18.8. The summed E-state index contributed by atoms with van der Waals surface area (Å²) in [5.41, 5.74) is 1.14. The maximum atomic E-state index is 12.9. The van der Waals surface area contributed by atoms with Crippen LogP contribution in [0.5, 0.6) is 0 Å². The van der Waals surface area contributed by atoms with Gasteiger partial charge in [0.2, 0.25) is 0 Å². The fraction of sp³-hybridized carbons (Fsp3) is 0.111. The van der Waals surface area contributed by atoms with E-state index in [2.05, 4.69) is 5.32 Å². The SMILES string of the molecule is CCn1cccc1/C=C1\C(=O)NC(=S)N(c2ccc(C(=O)O)cc2)C1=O. The van der Waals surface area contributed by atoms with Crippen molar-refractivity contribution in [2.45, 2.75) is 13.5 Å². The van der Waals surface area contributed by atoms with Gasteiger partial charge >= 0.3 is 5.97 Å². The first-order valence-corrected chi connectivity index (χ1v) is 8.23. The van der Waals surface area contributed by atoms with E-state index < -0.39 is 17.8 Å². The van der Waals surface area contributed by atoms with Gasteiger partial charge in [-0.2, -0.15) is 0 Å². The summed E-state index contributed by atoms with van der Waals surface area (Å²) < 4.78 is 1.90. The predicted octanol–water partition coefficient (Wildman–Crippen LogP) is 2.04. The van der Waals surface area contributed by atoms with Crippen molar-refractivity contribution >= 4 is 46.9 Å². The molecule has 0 bridgehead atoms. The van der Waals surface area contributed by atoms with Crippen molar-refractivity contribution < 1.29 is 19.5 Å². The fourth-order valence-corrected chi connectivity index (χ4v) is 2.92. The lowest BCUT2D eigenvalue weighted by Gasteiger charge is -2.29. The zero-order valence-electron chi connectivity index (χ0n) is 13.8. The fourth-order valence-electron chi connectivity index (χ4n) is 2.64. The van der Waals surface area contributed by atoms with Crippen LogP contribution in [0.1, 0.15) is 23.0 Å². The van der Waals surface area contributed by atoms with Gasteiger partial charge in [-0.25, -0.2) is 4.79 Å². The van der Waals surface area contributed by atoms with Crippen LogP contribution in [0, 0.1) is 0 Å². The normalized spacial score (nSPS) is 16.1. The van der Waals surface area contributed by atoms with Crippen LogP contribution >= 0.6 is 12.2 Å². The molecular formula is C18H15N3O4S. The molecule has 2 heterocycles. The third-order valence-electron chi connectivity index (χ3n) is 3.97. The number of hydrogen-bond acceptors (Lipinski definition) is 4. The van der Waals surface area contributed by atoms with Crippen LogP contribution in [-0.2, 0) is 16.1 Å². The molecule has 0 saturated carbocycles. The number of aromatic carboxylic acids is 1. The quantitative estimate of drug-likeness (QED) is 0.489. The molecule has 3 rings (SSSR count). The van der Waals surface area contributed by atoms with Crippen LogP contribution in [0.3, 0.4) is 0 Å². The van der Waals surface area contributed by atoms with E-state index in [0.29, 0.717) is 12.2 Å². The lowest BCUT2D eigenvalue weighted by Crippen LogP contribution is -2.54. The number of hydrogen-bond donors (Lipinski definition) is 2. The van der Waals surface area contributed by atoms with Gasteiger partial charge in [-0.05, 0) is 61.6 Å². The maximum Gasteiger partial charge on any atom is 0.335 e. The molecule has 1 aromatic carbocycles. The summed E-state index contributed by atoms with van der Waals surface area (Å²) in [7, 11) is 0. The maximum absolute atomic E-state index is 12.9. The lowest BCUT2D eigenvalue weighted by molar-refractivity contribution is -0.122. The van der Waals surface area contributed by atoms with Gasteiger partial charge in [0, 0.05) is 18.4 Å². The Morgan fingerprint density at radius 2 is 1.92 bits per heavy atom. The first-order chi connectivity index (χ1) is 12.4. The summed E-state index contributed by atoms with van der Waals surface area (Å²) >= 11 is 5.12. The van der Waals surface area contributed by atoms with Crippen molar-refractivity contribution in [1.82, 2.24) is 9.88 Å². The average Bonchev–Trinajstić information content (AvgIpc) is 3.06. The summed E-state index contributed by atoms with van der Waals surface area (Å²) in [5, 5.41) is 11.4. The number of carboxylic acids is 1. The Bertz CT molecular complexity index is 944. The molecule has 2 N–H and O–H groups in total. The molecule has 0 spiro atoms. The van der Waals surface area contributed by atoms with Crippen LogP contribution in [0.4, 0.5) is 5.69 Å². The molecular weight excluding hydrogens is 354 g/mol. The minimum Gasteiger partial charge on any atom is -0.478 e. The molecule has 1 fully saturated rings. The molecule has 0 aliphatic carbocycles. The largest absolute Gasteiger partial charge is 0.478 e. The number of carbonyl (C=O) groups excluding carboxylic acids is 2. The Morgan fingerprint density at radius 3 is 2.54 bits per heavy atom. The van der Waals surface area contributed by atoms with E-state index >= 15 is 0 Å². The highest BCUT2D eigenvalue weighted by molar-refractivity contribution is 7.80. The summed E-state index contributed by atoms with van der Waals surface area (Å²) in [6, 6.07) is 9.31. The van der Waals surface area contributed by atoms with Crippen LogP contribution in [-0.4, -0.2) is 32.6 Å². The van der Waals surface area contributed by atoms with Gasteiger partial charge in [0.05, 0.1) is 11.3 Å². The van der Waals surface area contributed by atoms with E-state index in [9.17, 15) is 14.4 Å². The zero-order valence-corrected chi connectivity index (χ0v) is 14.6. The number of anilines is 1. The van der Waals surface area contributed by atoms with E-state index in [1.165, 1.54) is 35.2 Å². The molecule has 0 radical (unpaired) electrons. The second-order valence-electron chi connectivity index (χ2n) is 5.53. The molecule has 2 amide bonds. The number of carboxylic acid groups (broad SMARTS) is 1. The van der Waals surface area contributed by atoms with Gasteiger partial charge in [0.15, 0.2) is 5.11 Å². The molecule has 132 valence electrons. The number of carbonyl (C=O) groups is 3. The third-order valence-corrected chi connectivity index (χ3v) is 4.26. The Hall–Kier alpha value is -3.26.